The minimum atomic E-state index is -0.826. The fourth-order valence-corrected chi connectivity index (χ4v) is 4.96. The van der Waals surface area contributed by atoms with Gasteiger partial charge in [-0.15, -0.1) is 69.1 Å². The van der Waals surface area contributed by atoms with Gasteiger partial charge in [0.15, 0.2) is 0 Å². The second kappa shape index (κ2) is 13.7. The molecule has 0 unspecified atom stereocenters. The fraction of sp³-hybridized carbons (Fsp3) is 0.211. The van der Waals surface area contributed by atoms with E-state index in [2.05, 4.69) is 163 Å². The van der Waals surface area contributed by atoms with E-state index >= 15 is 0 Å². The van der Waals surface area contributed by atoms with Crippen molar-refractivity contribution in [2.75, 3.05) is 0 Å². The molecular formula is C38H38Cl2Zr. The molecule has 0 bridgehead atoms. The van der Waals surface area contributed by atoms with E-state index in [-0.39, 0.29) is 10.8 Å². The number of rotatable bonds is 2. The van der Waals surface area contributed by atoms with Crippen molar-refractivity contribution in [3.05, 3.63) is 132 Å². The molecule has 6 rings (SSSR count). The van der Waals surface area contributed by atoms with Crippen LogP contribution in [0.1, 0.15) is 52.7 Å². The van der Waals surface area contributed by atoms with Crippen molar-refractivity contribution in [2.45, 2.75) is 52.4 Å². The van der Waals surface area contributed by atoms with Crippen LogP contribution in [-0.4, -0.2) is 0 Å². The van der Waals surface area contributed by atoms with E-state index in [4.69, 9.17) is 17.0 Å². The molecule has 0 fully saturated rings. The maximum absolute atomic E-state index is 4.93. The van der Waals surface area contributed by atoms with E-state index in [1.165, 1.54) is 54.9 Å². The molecular weight excluding hydrogens is 619 g/mol. The fourth-order valence-electron chi connectivity index (χ4n) is 4.96. The van der Waals surface area contributed by atoms with Gasteiger partial charge in [-0.05, 0) is 22.0 Å². The standard InChI is InChI=1S/2C19H19.2ClH.Zr/c2*1-19(2,3)18-10-8-14(9-11-18)17-12-15-6-4-5-7-16(15)13-17;;;/h2*4-13H,1-3H3;2*1H;/q2*-1;;;+4/p-2. The van der Waals surface area contributed by atoms with Crippen molar-refractivity contribution in [3.63, 3.8) is 0 Å². The van der Waals surface area contributed by atoms with Gasteiger partial charge in [0.25, 0.3) is 0 Å². The molecule has 0 radical (unpaired) electrons. The normalized spacial score (nSPS) is 11.3. The Kier molecular flexibility index (Phi) is 10.5. The molecule has 0 heterocycles. The van der Waals surface area contributed by atoms with Gasteiger partial charge >= 0.3 is 37.9 Å². The van der Waals surface area contributed by atoms with Gasteiger partial charge in [-0.25, -0.2) is 0 Å². The van der Waals surface area contributed by atoms with Crippen LogP contribution >= 0.6 is 17.0 Å². The summed E-state index contributed by atoms with van der Waals surface area (Å²) in [6.07, 6.45) is 0. The number of halogens is 2. The van der Waals surface area contributed by atoms with Gasteiger partial charge in [0.2, 0.25) is 0 Å². The van der Waals surface area contributed by atoms with Crippen LogP contribution < -0.4 is 0 Å². The van der Waals surface area contributed by atoms with E-state index in [9.17, 15) is 0 Å². The zero-order valence-electron chi connectivity index (χ0n) is 24.8. The van der Waals surface area contributed by atoms with Crippen LogP contribution in [0.15, 0.2) is 121 Å². The first kappa shape index (κ1) is 31.5. The average molecular weight is 657 g/mol. The predicted octanol–water partition coefficient (Wildman–Crippen LogP) is 12.4. The molecule has 3 heteroatoms. The van der Waals surface area contributed by atoms with Crippen molar-refractivity contribution in [2.24, 2.45) is 0 Å². The molecule has 0 atom stereocenters. The first-order chi connectivity index (χ1) is 19.5. The van der Waals surface area contributed by atoms with Crippen molar-refractivity contribution in [1.29, 1.82) is 0 Å². The van der Waals surface area contributed by atoms with E-state index in [0.717, 1.165) is 0 Å². The zero-order valence-corrected chi connectivity index (χ0v) is 28.8. The Morgan fingerprint density at radius 2 is 0.805 bits per heavy atom. The van der Waals surface area contributed by atoms with Crippen molar-refractivity contribution < 1.29 is 20.8 Å². The van der Waals surface area contributed by atoms with Crippen LogP contribution in [-0.2, 0) is 31.7 Å². The van der Waals surface area contributed by atoms with Gasteiger partial charge in [0.1, 0.15) is 0 Å². The molecule has 41 heavy (non-hydrogen) atoms. The summed E-state index contributed by atoms with van der Waals surface area (Å²) >= 11 is -0.826. The number of hydrogen-bond donors (Lipinski definition) is 0. The Hall–Kier alpha value is -2.44. The summed E-state index contributed by atoms with van der Waals surface area (Å²) in [5.74, 6) is 0. The van der Waals surface area contributed by atoms with Gasteiger partial charge < -0.3 is 0 Å². The molecule has 6 aromatic carbocycles. The summed E-state index contributed by atoms with van der Waals surface area (Å²) in [6.45, 7) is 13.5. The molecule has 208 valence electrons. The number of fused-ring (bicyclic) bond motifs is 2. The van der Waals surface area contributed by atoms with E-state index in [1.54, 1.807) is 0 Å². The topological polar surface area (TPSA) is 0 Å². The average Bonchev–Trinajstić information content (AvgIpc) is 3.58. The van der Waals surface area contributed by atoms with Crippen LogP contribution in [0.3, 0.4) is 0 Å². The minimum absolute atomic E-state index is 0.218. The molecule has 0 aliphatic rings. The van der Waals surface area contributed by atoms with Gasteiger partial charge in [0.05, 0.1) is 0 Å². The van der Waals surface area contributed by atoms with Crippen LogP contribution in [0.5, 0.6) is 0 Å². The van der Waals surface area contributed by atoms with Crippen molar-refractivity contribution in [3.8, 4) is 22.3 Å². The third kappa shape index (κ3) is 8.32. The predicted molar refractivity (Wildman–Crippen MR) is 179 cm³/mol. The quantitative estimate of drug-likeness (QED) is 0.163. The first-order valence-electron chi connectivity index (χ1n) is 14.0. The third-order valence-corrected chi connectivity index (χ3v) is 7.40. The molecule has 0 aliphatic carbocycles. The van der Waals surface area contributed by atoms with Crippen LogP contribution in [0, 0.1) is 0 Å². The number of hydrogen-bond acceptors (Lipinski definition) is 0. The molecule has 6 aromatic rings. The SMILES string of the molecule is CC(C)(C)c1ccc(-c2cc3ccccc3[cH-]2)cc1.CC(C)(C)c1ccc(-c2cc3ccccc3[cH-]2)cc1.[Cl][Zr+2][Cl]. The van der Waals surface area contributed by atoms with Crippen LogP contribution in [0.4, 0.5) is 0 Å². The van der Waals surface area contributed by atoms with E-state index < -0.39 is 20.8 Å². The Balaban J connectivity index is 0.000000173. The van der Waals surface area contributed by atoms with Gasteiger partial charge in [-0.1, -0.05) is 138 Å². The summed E-state index contributed by atoms with van der Waals surface area (Å²) in [6, 6.07) is 44.0. The Morgan fingerprint density at radius 3 is 1.10 bits per heavy atom. The Bertz CT molecular complexity index is 1480. The summed E-state index contributed by atoms with van der Waals surface area (Å²) in [5, 5.41) is 5.27. The molecule has 0 aliphatic heterocycles. The van der Waals surface area contributed by atoms with Gasteiger partial charge in [-0.3, -0.25) is 0 Å². The maximum atomic E-state index is 4.93. The molecule has 0 spiro atoms. The summed E-state index contributed by atoms with van der Waals surface area (Å²) in [5.41, 5.74) is 8.40. The van der Waals surface area contributed by atoms with E-state index in [1.807, 2.05) is 0 Å². The van der Waals surface area contributed by atoms with Gasteiger partial charge in [0, 0.05) is 0 Å². The number of benzene rings is 4. The third-order valence-electron chi connectivity index (χ3n) is 7.40. The zero-order chi connectivity index (χ0) is 29.6. The molecule has 0 saturated heterocycles. The molecule has 0 saturated carbocycles. The van der Waals surface area contributed by atoms with E-state index in [0.29, 0.717) is 0 Å². The molecule has 0 aromatic heterocycles. The summed E-state index contributed by atoms with van der Waals surface area (Å²) in [4.78, 5) is 0. The van der Waals surface area contributed by atoms with Crippen molar-refractivity contribution in [1.82, 2.24) is 0 Å². The second-order valence-electron chi connectivity index (χ2n) is 12.5. The summed E-state index contributed by atoms with van der Waals surface area (Å²) < 4.78 is 0. The van der Waals surface area contributed by atoms with Gasteiger partial charge in [-0.2, -0.15) is 0 Å². The Morgan fingerprint density at radius 1 is 0.488 bits per heavy atom. The van der Waals surface area contributed by atoms with Crippen LogP contribution in [0.2, 0.25) is 0 Å². The monoisotopic (exact) mass is 654 g/mol. The molecule has 0 nitrogen and oxygen atoms in total. The Labute approximate surface area is 264 Å². The summed E-state index contributed by atoms with van der Waals surface area (Å²) in [7, 11) is 9.87. The molecule has 0 amide bonds. The first-order valence-corrected chi connectivity index (χ1v) is 20.3. The van der Waals surface area contributed by atoms with Crippen molar-refractivity contribution >= 4 is 38.6 Å². The van der Waals surface area contributed by atoms with Crippen LogP contribution in [0.25, 0.3) is 43.8 Å². The molecule has 0 N–H and O–H groups in total. The second-order valence-corrected chi connectivity index (χ2v) is 16.2.